The smallest absolute Gasteiger partial charge is 0.343 e. The maximum atomic E-state index is 11.7. The normalized spacial score (nSPS) is 20.7. The zero-order chi connectivity index (χ0) is 14.0. The standard InChI is InChI=1S/C13H17N3O2S/c1-3-4-7-5-8(7)16-12-10(13(17)18-2)11(15)9(6-14)19-12/h7-8,16H,3-5,15H2,1-2H3. The van der Waals surface area contributed by atoms with E-state index in [0.717, 1.165) is 12.8 Å². The zero-order valence-corrected chi connectivity index (χ0v) is 11.8. The van der Waals surface area contributed by atoms with E-state index in [0.29, 0.717) is 27.4 Å². The first-order chi connectivity index (χ1) is 9.12. The third-order valence-electron chi connectivity index (χ3n) is 3.33. The first kappa shape index (κ1) is 13.7. The Morgan fingerprint density at radius 3 is 3.00 bits per heavy atom. The van der Waals surface area contributed by atoms with Gasteiger partial charge in [-0.05, 0) is 18.8 Å². The van der Waals surface area contributed by atoms with Crippen molar-refractivity contribution in [1.29, 1.82) is 5.26 Å². The molecule has 1 fully saturated rings. The van der Waals surface area contributed by atoms with E-state index in [2.05, 4.69) is 12.2 Å². The van der Waals surface area contributed by atoms with Gasteiger partial charge in [0, 0.05) is 6.04 Å². The molecule has 102 valence electrons. The van der Waals surface area contributed by atoms with Crippen LogP contribution in [0, 0.1) is 17.2 Å². The van der Waals surface area contributed by atoms with Gasteiger partial charge in [-0.2, -0.15) is 5.26 Å². The summed E-state index contributed by atoms with van der Waals surface area (Å²) < 4.78 is 4.73. The summed E-state index contributed by atoms with van der Waals surface area (Å²) >= 11 is 1.22. The van der Waals surface area contributed by atoms with E-state index in [1.54, 1.807) is 0 Å². The molecule has 1 heterocycles. The van der Waals surface area contributed by atoms with Gasteiger partial charge in [-0.25, -0.2) is 4.79 Å². The number of hydrogen-bond acceptors (Lipinski definition) is 6. The number of nitrogens with one attached hydrogen (secondary N) is 1. The van der Waals surface area contributed by atoms with Gasteiger partial charge in [0.05, 0.1) is 12.8 Å². The highest BCUT2D eigenvalue weighted by atomic mass is 32.1. The topological polar surface area (TPSA) is 88.1 Å². The van der Waals surface area contributed by atoms with Crippen LogP contribution in [-0.4, -0.2) is 19.1 Å². The largest absolute Gasteiger partial charge is 0.465 e. The number of nitrogens with two attached hydrogens (primary N) is 1. The van der Waals surface area contributed by atoms with Gasteiger partial charge in [-0.15, -0.1) is 11.3 Å². The number of thiophene rings is 1. The fourth-order valence-corrected chi connectivity index (χ4v) is 3.18. The Hall–Kier alpha value is -1.74. The second-order valence-corrected chi connectivity index (χ2v) is 5.71. The summed E-state index contributed by atoms with van der Waals surface area (Å²) in [5.74, 6) is 0.162. The summed E-state index contributed by atoms with van der Waals surface area (Å²) in [6, 6.07) is 2.39. The molecule has 0 aliphatic heterocycles. The van der Waals surface area contributed by atoms with E-state index < -0.39 is 5.97 Å². The van der Waals surface area contributed by atoms with E-state index in [1.807, 2.05) is 6.07 Å². The lowest BCUT2D eigenvalue weighted by molar-refractivity contribution is 0.0603. The number of nitriles is 1. The lowest BCUT2D eigenvalue weighted by Gasteiger charge is -2.06. The maximum Gasteiger partial charge on any atom is 0.343 e. The molecular formula is C13H17N3O2S. The molecule has 1 aromatic heterocycles. The number of ether oxygens (including phenoxy) is 1. The average molecular weight is 279 g/mol. The number of nitrogen functional groups attached to an aromatic ring is 1. The molecule has 2 atom stereocenters. The van der Waals surface area contributed by atoms with Crippen LogP contribution in [0.25, 0.3) is 0 Å². The predicted molar refractivity (Wildman–Crippen MR) is 75.2 cm³/mol. The van der Waals surface area contributed by atoms with Gasteiger partial charge in [0.25, 0.3) is 0 Å². The number of hydrogen-bond donors (Lipinski definition) is 2. The molecule has 0 bridgehead atoms. The Balaban J connectivity index is 2.20. The van der Waals surface area contributed by atoms with Gasteiger partial charge in [-0.3, -0.25) is 0 Å². The Morgan fingerprint density at radius 2 is 2.42 bits per heavy atom. The molecule has 0 aromatic carbocycles. The first-order valence-electron chi connectivity index (χ1n) is 6.29. The molecule has 1 aliphatic carbocycles. The predicted octanol–water partition coefficient (Wildman–Crippen LogP) is 2.59. The third kappa shape index (κ3) is 2.66. The highest BCUT2D eigenvalue weighted by Crippen LogP contribution is 2.42. The number of methoxy groups -OCH3 is 1. The van der Waals surface area contributed by atoms with Crippen molar-refractivity contribution in [1.82, 2.24) is 0 Å². The van der Waals surface area contributed by atoms with Gasteiger partial charge in [0.2, 0.25) is 0 Å². The van der Waals surface area contributed by atoms with Crippen LogP contribution < -0.4 is 11.1 Å². The quantitative estimate of drug-likeness (QED) is 0.809. The summed E-state index contributed by atoms with van der Waals surface area (Å²) in [5, 5.41) is 13.0. The zero-order valence-electron chi connectivity index (χ0n) is 11.0. The average Bonchev–Trinajstić information content (AvgIpc) is 3.04. The molecule has 5 nitrogen and oxygen atoms in total. The van der Waals surface area contributed by atoms with Crippen molar-refractivity contribution in [2.75, 3.05) is 18.2 Å². The van der Waals surface area contributed by atoms with Crippen LogP contribution in [-0.2, 0) is 4.74 Å². The van der Waals surface area contributed by atoms with Crippen molar-refractivity contribution in [3.05, 3.63) is 10.4 Å². The van der Waals surface area contributed by atoms with E-state index in [-0.39, 0.29) is 5.69 Å². The van der Waals surface area contributed by atoms with Crippen LogP contribution >= 0.6 is 11.3 Å². The first-order valence-corrected chi connectivity index (χ1v) is 7.11. The number of carbonyl (C=O) groups is 1. The molecule has 3 N–H and O–H groups in total. The van der Waals surface area contributed by atoms with Crippen LogP contribution in [0.15, 0.2) is 0 Å². The Labute approximate surface area is 116 Å². The molecule has 0 radical (unpaired) electrons. The van der Waals surface area contributed by atoms with E-state index in [1.165, 1.54) is 24.9 Å². The number of esters is 1. The van der Waals surface area contributed by atoms with Crippen molar-refractivity contribution >= 4 is 28.0 Å². The molecule has 6 heteroatoms. The molecule has 0 spiro atoms. The van der Waals surface area contributed by atoms with E-state index >= 15 is 0 Å². The minimum atomic E-state index is -0.495. The summed E-state index contributed by atoms with van der Waals surface area (Å²) in [6.45, 7) is 2.16. The van der Waals surface area contributed by atoms with Gasteiger partial charge in [0.1, 0.15) is 21.5 Å². The van der Waals surface area contributed by atoms with Gasteiger partial charge >= 0.3 is 5.97 Å². The lowest BCUT2D eigenvalue weighted by Crippen LogP contribution is -2.10. The Kier molecular flexibility index (Phi) is 3.96. The molecule has 19 heavy (non-hydrogen) atoms. The van der Waals surface area contributed by atoms with Crippen LogP contribution in [0.3, 0.4) is 0 Å². The summed E-state index contributed by atoms with van der Waals surface area (Å²) in [5.41, 5.74) is 6.34. The molecule has 2 unspecified atom stereocenters. The van der Waals surface area contributed by atoms with Crippen LogP contribution in [0.5, 0.6) is 0 Å². The third-order valence-corrected chi connectivity index (χ3v) is 4.38. The summed E-state index contributed by atoms with van der Waals surface area (Å²) in [4.78, 5) is 12.1. The number of carbonyl (C=O) groups excluding carboxylic acids is 1. The summed E-state index contributed by atoms with van der Waals surface area (Å²) in [6.07, 6.45) is 3.44. The summed E-state index contributed by atoms with van der Waals surface area (Å²) in [7, 11) is 1.31. The van der Waals surface area contributed by atoms with Gasteiger partial charge in [0.15, 0.2) is 0 Å². The van der Waals surface area contributed by atoms with Crippen molar-refractivity contribution < 1.29 is 9.53 Å². The van der Waals surface area contributed by atoms with Gasteiger partial charge in [-0.1, -0.05) is 13.3 Å². The number of anilines is 2. The molecule has 0 saturated heterocycles. The van der Waals surface area contributed by atoms with Crippen LogP contribution in [0.4, 0.5) is 10.7 Å². The molecule has 1 aliphatic rings. The molecule has 2 rings (SSSR count). The second kappa shape index (κ2) is 5.49. The highest BCUT2D eigenvalue weighted by molar-refractivity contribution is 7.17. The van der Waals surface area contributed by atoms with E-state index in [4.69, 9.17) is 15.7 Å². The SMILES string of the molecule is CCCC1CC1Nc1sc(C#N)c(N)c1C(=O)OC. The van der Waals surface area contributed by atoms with Crippen LogP contribution in [0.2, 0.25) is 0 Å². The molecule has 0 amide bonds. The Bertz CT molecular complexity index is 533. The lowest BCUT2D eigenvalue weighted by atomic mass is 10.2. The molecule has 1 aromatic rings. The second-order valence-electron chi connectivity index (χ2n) is 4.69. The van der Waals surface area contributed by atoms with Gasteiger partial charge < -0.3 is 15.8 Å². The van der Waals surface area contributed by atoms with Crippen molar-refractivity contribution in [3.63, 3.8) is 0 Å². The van der Waals surface area contributed by atoms with E-state index in [9.17, 15) is 4.79 Å². The fraction of sp³-hybridized carbons (Fsp3) is 0.538. The number of nitrogens with zero attached hydrogens (tertiary/aromatic N) is 1. The highest BCUT2D eigenvalue weighted by Gasteiger charge is 2.37. The molecular weight excluding hydrogens is 262 g/mol. The minimum absolute atomic E-state index is 0.217. The monoisotopic (exact) mass is 279 g/mol. The maximum absolute atomic E-state index is 11.7. The number of rotatable bonds is 5. The fourth-order valence-electron chi connectivity index (χ4n) is 2.22. The van der Waals surface area contributed by atoms with Crippen molar-refractivity contribution in [2.45, 2.75) is 32.2 Å². The van der Waals surface area contributed by atoms with Crippen molar-refractivity contribution in [2.24, 2.45) is 5.92 Å². The van der Waals surface area contributed by atoms with Crippen molar-refractivity contribution in [3.8, 4) is 6.07 Å². The van der Waals surface area contributed by atoms with Crippen LogP contribution in [0.1, 0.15) is 41.4 Å². The Morgan fingerprint density at radius 1 is 1.68 bits per heavy atom. The molecule has 1 saturated carbocycles. The minimum Gasteiger partial charge on any atom is -0.465 e.